The van der Waals surface area contributed by atoms with Crippen LogP contribution in [0.25, 0.3) is 23.8 Å². The van der Waals surface area contributed by atoms with Crippen molar-refractivity contribution in [2.75, 3.05) is 6.61 Å². The van der Waals surface area contributed by atoms with Gasteiger partial charge in [0.25, 0.3) is 0 Å². The number of carbonyl (C=O) groups excluding carboxylic acids is 1. The number of allylic oxidation sites excluding steroid dienone is 6. The number of halogens is 2. The van der Waals surface area contributed by atoms with Crippen LogP contribution in [0.3, 0.4) is 0 Å². The molecule has 6 nitrogen and oxygen atoms in total. The number of hydrogen-bond donors (Lipinski definition) is 0. The normalized spacial score (nSPS) is 18.1. The number of aromatic nitrogens is 2. The molecule has 9 heteroatoms. The quantitative estimate of drug-likeness (QED) is 0.167. The van der Waals surface area contributed by atoms with Crippen LogP contribution in [-0.2, 0) is 22.4 Å². The second-order valence-electron chi connectivity index (χ2n) is 12.2. The van der Waals surface area contributed by atoms with Crippen LogP contribution in [-0.4, -0.2) is 46.2 Å². The van der Waals surface area contributed by atoms with Gasteiger partial charge in [-0.2, -0.15) is 0 Å². The molecule has 2 aromatic rings. The van der Waals surface area contributed by atoms with E-state index in [0.29, 0.717) is 6.61 Å². The van der Waals surface area contributed by atoms with Gasteiger partial charge in [-0.1, -0.05) is 0 Å². The van der Waals surface area contributed by atoms with E-state index in [1.54, 1.807) is 0 Å². The summed E-state index contributed by atoms with van der Waals surface area (Å²) in [6.45, 7) is 19.5. The van der Waals surface area contributed by atoms with Gasteiger partial charge in [-0.25, -0.2) is 0 Å². The molecule has 0 radical (unpaired) electrons. The first-order valence-electron chi connectivity index (χ1n) is 16.4. The molecule has 6 heterocycles. The molecule has 0 spiro atoms. The zero-order valence-electron chi connectivity index (χ0n) is 28.3. The Hall–Kier alpha value is -2.81. The summed E-state index contributed by atoms with van der Waals surface area (Å²) >= 11 is -4.75. The Morgan fingerprint density at radius 1 is 0.804 bits per heavy atom. The van der Waals surface area contributed by atoms with E-state index < -0.39 is 22.6 Å². The zero-order chi connectivity index (χ0) is 33.2. The van der Waals surface area contributed by atoms with E-state index >= 15 is 0 Å². The minimum atomic E-state index is -4.75. The first-order valence-corrected chi connectivity index (χ1v) is 26.2. The molecule has 0 atom stereocenters. The number of esters is 1. The average Bonchev–Trinajstić information content (AvgIpc) is 3.67. The number of aliphatic imine (C=N–C) groups is 2. The Kier molecular flexibility index (Phi) is 8.87. The molecule has 0 aliphatic carbocycles. The Morgan fingerprint density at radius 2 is 1.48 bits per heavy atom. The van der Waals surface area contributed by atoms with Crippen LogP contribution in [0.4, 0.5) is 0 Å². The van der Waals surface area contributed by atoms with Crippen molar-refractivity contribution in [3.8, 4) is 0 Å². The standard InChI is InChI=1S/C37H43N4O2.2ClH.Sn/c1-10-24-21(7)30-18-34-26(12-3)23(9)36(41-34)28(15-16-35(42)43-14-5)37-27(13-4)22(8)31(40-37)19-33-25(11-2)20(6)29(38-33)17-32(24)39-30;;;/h15-19H,10-14H2,1-9H3,(H-,38,39,40,41,42);2*1H;/q-1;;;+4/p-3. The van der Waals surface area contributed by atoms with Gasteiger partial charge in [0.15, 0.2) is 0 Å². The molecule has 6 bridgehead atoms. The second-order valence-corrected chi connectivity index (χ2v) is 26.0. The molecule has 0 unspecified atom stereocenters. The van der Waals surface area contributed by atoms with E-state index in [0.717, 1.165) is 92.9 Å². The Bertz CT molecular complexity index is 2080. The fraction of sp³-hybridized carbons (Fsp3) is 0.378. The van der Waals surface area contributed by atoms with Crippen molar-refractivity contribution in [2.45, 2.75) is 88.0 Å². The van der Waals surface area contributed by atoms with Crippen LogP contribution in [0.5, 0.6) is 0 Å². The van der Waals surface area contributed by atoms with E-state index in [1.807, 2.05) is 13.0 Å². The van der Waals surface area contributed by atoms with Gasteiger partial charge in [-0.05, 0) is 0 Å². The third kappa shape index (κ3) is 4.84. The molecule has 4 aliphatic heterocycles. The van der Waals surface area contributed by atoms with Crippen LogP contribution < -0.4 is 10.7 Å². The molecule has 6 rings (SSSR count). The molecule has 46 heavy (non-hydrogen) atoms. The van der Waals surface area contributed by atoms with Gasteiger partial charge in [0.05, 0.1) is 0 Å². The molecule has 0 fully saturated rings. The molecule has 0 amide bonds. The molecular formula is C37H42Cl2N4O2Sn. The maximum absolute atomic E-state index is 12.8. The summed E-state index contributed by atoms with van der Waals surface area (Å²) in [5.41, 5.74) is 15.7. The number of carbonyl (C=O) groups is 1. The van der Waals surface area contributed by atoms with Crippen molar-refractivity contribution in [3.63, 3.8) is 0 Å². The summed E-state index contributed by atoms with van der Waals surface area (Å²) in [5.74, 6) is -0.400. The molecule has 240 valence electrons. The third-order valence-corrected chi connectivity index (χ3v) is 20.2. The van der Waals surface area contributed by atoms with Gasteiger partial charge in [0.2, 0.25) is 0 Å². The molecule has 0 saturated carbocycles. The van der Waals surface area contributed by atoms with Crippen molar-refractivity contribution in [2.24, 2.45) is 9.98 Å². The van der Waals surface area contributed by atoms with E-state index in [9.17, 15) is 4.79 Å². The summed E-state index contributed by atoms with van der Waals surface area (Å²) in [6, 6.07) is 0. The third-order valence-electron chi connectivity index (χ3n) is 9.91. The summed E-state index contributed by atoms with van der Waals surface area (Å²) in [6.07, 6.45) is 13.2. The molecule has 4 aliphatic rings. The minimum absolute atomic E-state index is 0.297. The van der Waals surface area contributed by atoms with Crippen LogP contribution in [0, 0.1) is 13.8 Å². The molecule has 2 aromatic heterocycles. The van der Waals surface area contributed by atoms with Gasteiger partial charge in [0, 0.05) is 0 Å². The number of nitrogens with zero attached hydrogens (tertiary/aromatic N) is 4. The summed E-state index contributed by atoms with van der Waals surface area (Å²) < 4.78 is 9.86. The van der Waals surface area contributed by atoms with Gasteiger partial charge >= 0.3 is 286 Å². The van der Waals surface area contributed by atoms with Crippen molar-refractivity contribution in [1.29, 1.82) is 0 Å². The van der Waals surface area contributed by atoms with Crippen molar-refractivity contribution in [3.05, 3.63) is 90.2 Å². The van der Waals surface area contributed by atoms with E-state index in [4.69, 9.17) is 32.6 Å². The average molecular weight is 764 g/mol. The van der Waals surface area contributed by atoms with Gasteiger partial charge < -0.3 is 0 Å². The summed E-state index contributed by atoms with van der Waals surface area (Å²) in [4.78, 5) is 23.4. The van der Waals surface area contributed by atoms with Crippen LogP contribution in [0.2, 0.25) is 0 Å². The van der Waals surface area contributed by atoms with Crippen LogP contribution >= 0.6 is 17.8 Å². The Morgan fingerprint density at radius 3 is 2.11 bits per heavy atom. The zero-order valence-corrected chi connectivity index (χ0v) is 32.6. The topological polar surface area (TPSA) is 60.9 Å². The van der Waals surface area contributed by atoms with Crippen LogP contribution in [0.15, 0.2) is 55.8 Å². The van der Waals surface area contributed by atoms with E-state index in [-0.39, 0.29) is 0 Å². The number of fused-ring (bicyclic) bond motifs is 2. The van der Waals surface area contributed by atoms with Crippen molar-refractivity contribution < 1.29 is 9.53 Å². The van der Waals surface area contributed by atoms with Crippen molar-refractivity contribution >= 4 is 75.7 Å². The summed E-state index contributed by atoms with van der Waals surface area (Å²) in [5, 5.41) is 2.03. The van der Waals surface area contributed by atoms with Gasteiger partial charge in [-0.3, -0.25) is 0 Å². The Labute approximate surface area is 283 Å². The molecule has 0 N–H and O–H groups in total. The van der Waals surface area contributed by atoms with Gasteiger partial charge in [-0.15, -0.1) is 0 Å². The maximum atomic E-state index is 12.8. The van der Waals surface area contributed by atoms with E-state index in [1.165, 1.54) is 33.9 Å². The Balaban J connectivity index is 1.93. The van der Waals surface area contributed by atoms with Crippen LogP contribution in [0.1, 0.15) is 94.9 Å². The van der Waals surface area contributed by atoms with Gasteiger partial charge in [0.1, 0.15) is 0 Å². The molecule has 0 saturated heterocycles. The van der Waals surface area contributed by atoms with E-state index in [2.05, 4.69) is 79.2 Å². The first-order chi connectivity index (χ1) is 21.9. The predicted octanol–water partition coefficient (Wildman–Crippen LogP) is 7.46. The molecule has 0 aromatic carbocycles. The second kappa shape index (κ2) is 12.3. The summed E-state index contributed by atoms with van der Waals surface area (Å²) in [7, 11) is 16.2. The molecular weight excluding hydrogens is 722 g/mol. The fourth-order valence-electron chi connectivity index (χ4n) is 7.63. The number of hydrogen-bond acceptors (Lipinski definition) is 4. The number of ether oxygens (including phenoxy) is 1. The van der Waals surface area contributed by atoms with Crippen molar-refractivity contribution in [1.82, 2.24) is 5.58 Å². The first kappa shape index (κ1) is 33.1. The SMILES string of the molecule is CCOC(=O)/C=C/C1=C2N=C(C=c3c(CC)c(C)c4[n]3[Sn]([Cl])([Cl])[n]3c(c(CC)c(C)c31)C=C1N=C(C=4)C(CC)=C1C)C(C)=C2CC. The fourth-order valence-corrected chi connectivity index (χ4v) is 18.9. The predicted molar refractivity (Wildman–Crippen MR) is 195 cm³/mol. The number of rotatable bonds is 7. The monoisotopic (exact) mass is 764 g/mol.